The molecule has 2 fully saturated rings. The number of benzene rings is 1. The Morgan fingerprint density at radius 1 is 1.17 bits per heavy atom. The van der Waals surface area contributed by atoms with Crippen molar-refractivity contribution < 1.29 is 14.4 Å². The molecule has 3 unspecified atom stereocenters. The molecule has 3 atom stereocenters. The number of nitrogens with one attached hydrogen (secondary N) is 2. The summed E-state index contributed by atoms with van der Waals surface area (Å²) in [7, 11) is 0. The Morgan fingerprint density at radius 3 is 2.50 bits per heavy atom. The highest BCUT2D eigenvalue weighted by Crippen LogP contribution is 2.56. The molecule has 0 bridgehead atoms. The molecule has 0 radical (unpaired) electrons. The Morgan fingerprint density at radius 2 is 1.83 bits per heavy atom. The van der Waals surface area contributed by atoms with Crippen molar-refractivity contribution in [3.63, 3.8) is 0 Å². The van der Waals surface area contributed by atoms with Gasteiger partial charge >= 0.3 is 0 Å². The number of rotatable bonds is 5. The van der Waals surface area contributed by atoms with Gasteiger partial charge < -0.3 is 15.5 Å². The number of carbonyl (C=O) groups excluding carboxylic acids is 3. The van der Waals surface area contributed by atoms with Crippen LogP contribution in [0.3, 0.4) is 0 Å². The first kappa shape index (κ1) is 21.2. The molecular formula is C23H31N3O3S. The van der Waals surface area contributed by atoms with Crippen LogP contribution in [0.5, 0.6) is 0 Å². The molecule has 1 aromatic carbocycles. The zero-order valence-electron chi connectivity index (χ0n) is 18.1. The van der Waals surface area contributed by atoms with Crippen molar-refractivity contribution in [2.75, 3.05) is 0 Å². The highest BCUT2D eigenvalue weighted by Gasteiger charge is 2.57. The molecule has 4 rings (SSSR count). The predicted octanol–water partition coefficient (Wildman–Crippen LogP) is 3.23. The van der Waals surface area contributed by atoms with Gasteiger partial charge in [-0.15, -0.1) is 11.8 Å². The van der Waals surface area contributed by atoms with E-state index in [-0.39, 0.29) is 35.1 Å². The lowest BCUT2D eigenvalue weighted by molar-refractivity contribution is -0.133. The van der Waals surface area contributed by atoms with Crippen molar-refractivity contribution in [1.29, 1.82) is 0 Å². The van der Waals surface area contributed by atoms with Crippen molar-refractivity contribution in [2.24, 2.45) is 5.92 Å². The second kappa shape index (κ2) is 7.91. The molecule has 7 heteroatoms. The molecular weight excluding hydrogens is 398 g/mol. The molecule has 2 N–H and O–H groups in total. The Labute approximate surface area is 182 Å². The summed E-state index contributed by atoms with van der Waals surface area (Å²) < 4.78 is -0.457. The summed E-state index contributed by atoms with van der Waals surface area (Å²) in [6, 6.07) is 6.53. The zero-order chi connectivity index (χ0) is 21.6. The molecule has 30 heavy (non-hydrogen) atoms. The second-order valence-corrected chi connectivity index (χ2v) is 11.2. The number of fused-ring (bicyclic) bond motifs is 3. The normalized spacial score (nSPS) is 25.9. The molecule has 0 aromatic heterocycles. The molecule has 3 amide bonds. The van der Waals surface area contributed by atoms with Gasteiger partial charge in [0.2, 0.25) is 11.8 Å². The van der Waals surface area contributed by atoms with E-state index >= 15 is 0 Å². The van der Waals surface area contributed by atoms with E-state index in [0.717, 1.165) is 31.2 Å². The van der Waals surface area contributed by atoms with Gasteiger partial charge in [0.05, 0.1) is 0 Å². The lowest BCUT2D eigenvalue weighted by Gasteiger charge is -2.32. The molecule has 6 nitrogen and oxygen atoms in total. The summed E-state index contributed by atoms with van der Waals surface area (Å²) in [4.78, 5) is 41.2. The van der Waals surface area contributed by atoms with E-state index < -0.39 is 16.8 Å². The average molecular weight is 430 g/mol. The van der Waals surface area contributed by atoms with Crippen molar-refractivity contribution in [1.82, 2.24) is 15.5 Å². The van der Waals surface area contributed by atoms with Crippen LogP contribution in [0.1, 0.15) is 74.7 Å². The number of amides is 3. The van der Waals surface area contributed by atoms with Crippen LogP contribution in [0, 0.1) is 5.92 Å². The Hall–Kier alpha value is -2.02. The van der Waals surface area contributed by atoms with Crippen LogP contribution in [0.2, 0.25) is 0 Å². The maximum atomic E-state index is 13.5. The fourth-order valence-corrected chi connectivity index (χ4v) is 6.52. The van der Waals surface area contributed by atoms with Gasteiger partial charge in [0.25, 0.3) is 5.91 Å². The van der Waals surface area contributed by atoms with Gasteiger partial charge in [0.1, 0.15) is 17.5 Å². The van der Waals surface area contributed by atoms with Gasteiger partial charge in [-0.25, -0.2) is 0 Å². The topological polar surface area (TPSA) is 78.5 Å². The van der Waals surface area contributed by atoms with E-state index in [9.17, 15) is 14.4 Å². The lowest BCUT2D eigenvalue weighted by Crippen LogP contribution is -2.58. The molecule has 1 aliphatic carbocycles. The molecule has 0 spiro atoms. The summed E-state index contributed by atoms with van der Waals surface area (Å²) in [5.41, 5.74) is 1.64. The van der Waals surface area contributed by atoms with Crippen LogP contribution in [-0.4, -0.2) is 45.5 Å². The second-order valence-electron chi connectivity index (χ2n) is 9.50. The number of nitrogens with zero attached hydrogens (tertiary/aromatic N) is 1. The highest BCUT2D eigenvalue weighted by atomic mass is 32.2. The van der Waals surface area contributed by atoms with Gasteiger partial charge in [-0.1, -0.05) is 44.9 Å². The summed E-state index contributed by atoms with van der Waals surface area (Å²) in [6.45, 7) is 7.87. The Balaban J connectivity index is 1.54. The van der Waals surface area contributed by atoms with Crippen molar-refractivity contribution in [3.8, 4) is 0 Å². The van der Waals surface area contributed by atoms with E-state index in [4.69, 9.17) is 0 Å². The quantitative estimate of drug-likeness (QED) is 0.753. The maximum Gasteiger partial charge on any atom is 0.256 e. The van der Waals surface area contributed by atoms with Crippen LogP contribution < -0.4 is 10.6 Å². The van der Waals surface area contributed by atoms with E-state index in [1.165, 1.54) is 0 Å². The van der Waals surface area contributed by atoms with E-state index in [1.54, 1.807) is 16.7 Å². The van der Waals surface area contributed by atoms with Crippen molar-refractivity contribution >= 4 is 29.5 Å². The number of hydrogen-bond donors (Lipinski definition) is 2. The first-order valence-electron chi connectivity index (χ1n) is 10.9. The number of carbonyl (C=O) groups is 3. The summed E-state index contributed by atoms with van der Waals surface area (Å²) in [5, 5.41) is 5.93. The first-order valence-corrected chi connectivity index (χ1v) is 11.8. The molecule has 2 aliphatic heterocycles. The van der Waals surface area contributed by atoms with Crippen molar-refractivity contribution in [2.45, 2.75) is 81.6 Å². The first-order chi connectivity index (χ1) is 14.2. The minimum absolute atomic E-state index is 0.0465. The largest absolute Gasteiger partial charge is 0.352 e. The van der Waals surface area contributed by atoms with Crippen molar-refractivity contribution in [3.05, 3.63) is 35.4 Å². The van der Waals surface area contributed by atoms with Gasteiger partial charge in [-0.2, -0.15) is 0 Å². The Kier molecular flexibility index (Phi) is 5.60. The Bertz CT molecular complexity index is 863. The fourth-order valence-electron chi connectivity index (χ4n) is 4.93. The van der Waals surface area contributed by atoms with E-state index in [2.05, 4.69) is 10.6 Å². The molecule has 162 valence electrons. The third-order valence-electron chi connectivity index (χ3n) is 6.49. The highest BCUT2D eigenvalue weighted by molar-refractivity contribution is 8.01. The SMILES string of the molecule is CC(C)C(NC(=O)C1N2C(=O)c3ccccc3C2SC1(C)C)C(=O)NC1CCCC1. The third kappa shape index (κ3) is 3.61. The fraction of sp³-hybridized carbons (Fsp3) is 0.609. The predicted molar refractivity (Wildman–Crippen MR) is 118 cm³/mol. The van der Waals surface area contributed by atoms with Crippen LogP contribution >= 0.6 is 11.8 Å². The lowest BCUT2D eigenvalue weighted by atomic mass is 9.98. The monoisotopic (exact) mass is 429 g/mol. The molecule has 1 saturated heterocycles. The standard InChI is InChI=1S/C23H31N3O3S/c1-13(2)17(19(27)24-14-9-5-6-10-14)25-20(28)18-23(3,4)30-22-16-12-8-7-11-15(16)21(29)26(18)22/h7-8,11-14,17-18,22H,5-6,9-10H2,1-4H3,(H,24,27)(H,25,28). The smallest absolute Gasteiger partial charge is 0.256 e. The zero-order valence-corrected chi connectivity index (χ0v) is 18.9. The van der Waals surface area contributed by atoms with Gasteiger partial charge in [-0.3, -0.25) is 14.4 Å². The third-order valence-corrected chi connectivity index (χ3v) is 8.03. The molecule has 1 aromatic rings. The maximum absolute atomic E-state index is 13.5. The van der Waals surface area contributed by atoms with E-state index in [1.807, 2.05) is 52.0 Å². The van der Waals surface area contributed by atoms with Crippen LogP contribution in [0.15, 0.2) is 24.3 Å². The minimum atomic E-state index is -0.632. The van der Waals surface area contributed by atoms with Gasteiger partial charge in [-0.05, 0) is 44.2 Å². The van der Waals surface area contributed by atoms with Gasteiger partial charge in [0, 0.05) is 16.4 Å². The van der Waals surface area contributed by atoms with Crippen LogP contribution in [0.25, 0.3) is 0 Å². The van der Waals surface area contributed by atoms with E-state index in [0.29, 0.717) is 5.56 Å². The average Bonchev–Trinajstić information content (AvgIpc) is 3.35. The molecule has 2 heterocycles. The van der Waals surface area contributed by atoms with Crippen LogP contribution in [-0.2, 0) is 9.59 Å². The number of hydrogen-bond acceptors (Lipinski definition) is 4. The molecule has 1 saturated carbocycles. The molecule has 3 aliphatic rings. The van der Waals surface area contributed by atoms with Gasteiger partial charge in [0.15, 0.2) is 0 Å². The minimum Gasteiger partial charge on any atom is -0.352 e. The number of thioether (sulfide) groups is 1. The van der Waals surface area contributed by atoms with Crippen LogP contribution in [0.4, 0.5) is 0 Å². The summed E-state index contributed by atoms with van der Waals surface area (Å²) in [6.07, 6.45) is 4.27. The summed E-state index contributed by atoms with van der Waals surface area (Å²) in [5.74, 6) is -0.530. The summed E-state index contributed by atoms with van der Waals surface area (Å²) >= 11 is 1.64.